The van der Waals surface area contributed by atoms with Crippen molar-refractivity contribution in [2.75, 3.05) is 11.4 Å². The van der Waals surface area contributed by atoms with E-state index in [9.17, 15) is 0 Å². The Morgan fingerprint density at radius 2 is 2.31 bits per heavy atom. The van der Waals surface area contributed by atoms with Gasteiger partial charge in [0.1, 0.15) is 0 Å². The summed E-state index contributed by atoms with van der Waals surface area (Å²) in [6.45, 7) is 3.40. The Morgan fingerprint density at radius 3 is 3.23 bits per heavy atom. The van der Waals surface area contributed by atoms with E-state index in [0.29, 0.717) is 6.04 Å². The smallest absolute Gasteiger partial charge is 0.0478 e. The van der Waals surface area contributed by atoms with Crippen molar-refractivity contribution in [2.45, 2.75) is 19.4 Å². The summed E-state index contributed by atoms with van der Waals surface area (Å²) in [6.07, 6.45) is 5.71. The lowest BCUT2D eigenvalue weighted by atomic mass is 10.1. The first-order chi connectivity index (χ1) is 6.36. The Bertz CT molecular complexity index is 379. The molecule has 0 aliphatic carbocycles. The molecule has 0 amide bonds. The summed E-state index contributed by atoms with van der Waals surface area (Å²) in [6, 6.07) is 7.31. The molecule has 0 saturated carbocycles. The van der Waals surface area contributed by atoms with Crippen molar-refractivity contribution in [3.8, 4) is 0 Å². The molecule has 2 heterocycles. The van der Waals surface area contributed by atoms with E-state index in [1.165, 1.54) is 23.2 Å². The standard InChI is InChI=1S/C12H13N/c1-9-8-11-5-2-4-10-6-3-7-13(9)12(10)11/h2-6,9H,7-8H2,1H3. The summed E-state index contributed by atoms with van der Waals surface area (Å²) < 4.78 is 0. The topological polar surface area (TPSA) is 3.24 Å². The van der Waals surface area contributed by atoms with Crippen LogP contribution >= 0.6 is 0 Å². The van der Waals surface area contributed by atoms with Gasteiger partial charge in [0.2, 0.25) is 0 Å². The van der Waals surface area contributed by atoms with Crippen molar-refractivity contribution in [2.24, 2.45) is 0 Å². The molecule has 0 spiro atoms. The fourth-order valence-electron chi connectivity index (χ4n) is 2.47. The Labute approximate surface area is 78.7 Å². The zero-order valence-electron chi connectivity index (χ0n) is 7.83. The monoisotopic (exact) mass is 171 g/mol. The van der Waals surface area contributed by atoms with Crippen LogP contribution in [0.5, 0.6) is 0 Å². The van der Waals surface area contributed by atoms with Gasteiger partial charge in [-0.3, -0.25) is 0 Å². The van der Waals surface area contributed by atoms with Gasteiger partial charge in [-0.15, -0.1) is 0 Å². The number of rotatable bonds is 0. The molecule has 0 bridgehead atoms. The van der Waals surface area contributed by atoms with Crippen LogP contribution in [-0.2, 0) is 6.42 Å². The van der Waals surface area contributed by atoms with E-state index in [1.54, 1.807) is 0 Å². The molecule has 1 aromatic rings. The molecule has 1 atom stereocenters. The fourth-order valence-corrected chi connectivity index (χ4v) is 2.47. The lowest BCUT2D eigenvalue weighted by Gasteiger charge is -2.27. The summed E-state index contributed by atoms with van der Waals surface area (Å²) in [7, 11) is 0. The van der Waals surface area contributed by atoms with Crippen LogP contribution in [0.2, 0.25) is 0 Å². The highest BCUT2D eigenvalue weighted by Gasteiger charge is 2.28. The average Bonchev–Trinajstić information content (AvgIpc) is 2.47. The van der Waals surface area contributed by atoms with E-state index in [-0.39, 0.29) is 0 Å². The average molecular weight is 171 g/mol. The van der Waals surface area contributed by atoms with Crippen LogP contribution in [0.15, 0.2) is 24.3 Å². The second-order valence-corrected chi connectivity index (χ2v) is 3.96. The molecule has 0 radical (unpaired) electrons. The largest absolute Gasteiger partial charge is 0.364 e. The maximum Gasteiger partial charge on any atom is 0.0478 e. The molecule has 2 aliphatic heterocycles. The maximum absolute atomic E-state index is 2.50. The van der Waals surface area contributed by atoms with Crippen LogP contribution in [0, 0.1) is 0 Å². The second-order valence-electron chi connectivity index (χ2n) is 3.96. The number of nitrogens with zero attached hydrogens (tertiary/aromatic N) is 1. The highest BCUT2D eigenvalue weighted by Crippen LogP contribution is 2.37. The van der Waals surface area contributed by atoms with Crippen molar-refractivity contribution in [1.29, 1.82) is 0 Å². The van der Waals surface area contributed by atoms with Crippen LogP contribution in [0.1, 0.15) is 18.1 Å². The zero-order chi connectivity index (χ0) is 8.84. The molecular weight excluding hydrogens is 158 g/mol. The fraction of sp³-hybridized carbons (Fsp3) is 0.333. The van der Waals surface area contributed by atoms with E-state index >= 15 is 0 Å². The molecule has 0 saturated heterocycles. The quantitative estimate of drug-likeness (QED) is 0.579. The first-order valence-electron chi connectivity index (χ1n) is 4.91. The molecule has 1 aromatic carbocycles. The summed E-state index contributed by atoms with van der Waals surface area (Å²) in [5.74, 6) is 0. The highest BCUT2D eigenvalue weighted by molar-refractivity contribution is 5.76. The van der Waals surface area contributed by atoms with Crippen LogP contribution in [0.4, 0.5) is 5.69 Å². The summed E-state index contributed by atoms with van der Waals surface area (Å²) in [5, 5.41) is 0. The van der Waals surface area contributed by atoms with Gasteiger partial charge < -0.3 is 4.90 Å². The predicted molar refractivity (Wildman–Crippen MR) is 56.0 cm³/mol. The Kier molecular flexibility index (Phi) is 1.32. The zero-order valence-corrected chi connectivity index (χ0v) is 7.83. The molecule has 2 aliphatic rings. The first-order valence-corrected chi connectivity index (χ1v) is 4.91. The summed E-state index contributed by atoms with van der Waals surface area (Å²) >= 11 is 0. The van der Waals surface area contributed by atoms with E-state index in [4.69, 9.17) is 0 Å². The molecule has 66 valence electrons. The summed E-state index contributed by atoms with van der Waals surface area (Å²) in [4.78, 5) is 2.50. The molecule has 0 N–H and O–H groups in total. The number of benzene rings is 1. The summed E-state index contributed by atoms with van der Waals surface area (Å²) in [5.41, 5.74) is 4.40. The van der Waals surface area contributed by atoms with Crippen LogP contribution in [-0.4, -0.2) is 12.6 Å². The van der Waals surface area contributed by atoms with Crippen LogP contribution in [0.3, 0.4) is 0 Å². The molecule has 1 heteroatoms. The van der Waals surface area contributed by atoms with E-state index in [1.807, 2.05) is 0 Å². The lowest BCUT2D eigenvalue weighted by Crippen LogP contribution is -2.30. The van der Waals surface area contributed by atoms with Crippen molar-refractivity contribution in [1.82, 2.24) is 0 Å². The maximum atomic E-state index is 2.50. The molecule has 13 heavy (non-hydrogen) atoms. The number of hydrogen-bond donors (Lipinski definition) is 0. The van der Waals surface area contributed by atoms with Gasteiger partial charge in [-0.05, 0) is 24.5 Å². The van der Waals surface area contributed by atoms with Crippen molar-refractivity contribution in [3.05, 3.63) is 35.4 Å². The molecule has 1 unspecified atom stereocenters. The van der Waals surface area contributed by atoms with Crippen molar-refractivity contribution in [3.63, 3.8) is 0 Å². The number of hydrogen-bond acceptors (Lipinski definition) is 1. The van der Waals surface area contributed by atoms with Crippen LogP contribution in [0.25, 0.3) is 6.08 Å². The SMILES string of the molecule is CC1Cc2cccc3c2N1CC=C3. The molecule has 1 nitrogen and oxygen atoms in total. The lowest BCUT2D eigenvalue weighted by molar-refractivity contribution is 0.705. The Balaban J connectivity index is 2.26. The van der Waals surface area contributed by atoms with Gasteiger partial charge in [0.05, 0.1) is 0 Å². The predicted octanol–water partition coefficient (Wildman–Crippen LogP) is 2.46. The van der Waals surface area contributed by atoms with E-state index < -0.39 is 0 Å². The molecule has 3 rings (SSSR count). The van der Waals surface area contributed by atoms with Crippen molar-refractivity contribution >= 4 is 11.8 Å². The van der Waals surface area contributed by atoms with Gasteiger partial charge in [0.15, 0.2) is 0 Å². The van der Waals surface area contributed by atoms with Crippen LogP contribution < -0.4 is 4.90 Å². The minimum absolute atomic E-state index is 0.682. The third-order valence-electron chi connectivity index (χ3n) is 3.08. The molecule has 0 aromatic heterocycles. The van der Waals surface area contributed by atoms with Gasteiger partial charge in [0.25, 0.3) is 0 Å². The van der Waals surface area contributed by atoms with Gasteiger partial charge in [-0.2, -0.15) is 0 Å². The van der Waals surface area contributed by atoms with Gasteiger partial charge in [0, 0.05) is 18.3 Å². The third kappa shape index (κ3) is 0.873. The van der Waals surface area contributed by atoms with E-state index in [2.05, 4.69) is 42.2 Å². The third-order valence-corrected chi connectivity index (χ3v) is 3.08. The van der Waals surface area contributed by atoms with Gasteiger partial charge in [-0.1, -0.05) is 30.4 Å². The minimum atomic E-state index is 0.682. The number of anilines is 1. The second kappa shape index (κ2) is 2.38. The molecule has 0 fully saturated rings. The molecular formula is C12H13N. The van der Waals surface area contributed by atoms with Crippen molar-refractivity contribution < 1.29 is 0 Å². The Morgan fingerprint density at radius 1 is 1.38 bits per heavy atom. The normalized spacial score (nSPS) is 23.5. The minimum Gasteiger partial charge on any atom is -0.364 e. The number of para-hydroxylation sites is 1. The Hall–Kier alpha value is -1.24. The van der Waals surface area contributed by atoms with Gasteiger partial charge >= 0.3 is 0 Å². The van der Waals surface area contributed by atoms with E-state index in [0.717, 1.165) is 6.54 Å². The van der Waals surface area contributed by atoms with Gasteiger partial charge in [-0.25, -0.2) is 0 Å². The highest BCUT2D eigenvalue weighted by atomic mass is 15.2. The first kappa shape index (κ1) is 7.19.